The van der Waals surface area contributed by atoms with Crippen molar-refractivity contribution in [2.75, 3.05) is 0 Å². The topological polar surface area (TPSA) is 26.5 Å². The minimum atomic E-state index is 0.726. The van der Waals surface area contributed by atoms with E-state index in [1.54, 1.807) is 0 Å². The Balaban J connectivity index is 2.88. The van der Waals surface area contributed by atoms with Crippen LogP contribution >= 0.6 is 47.8 Å². The second-order valence-electron chi connectivity index (χ2n) is 1.10. The van der Waals surface area contributed by atoms with Crippen LogP contribution in [0.1, 0.15) is 0 Å². The second kappa shape index (κ2) is 2.49. The van der Waals surface area contributed by atoms with Gasteiger partial charge in [-0.25, -0.2) is 0 Å². The quantitative estimate of drug-likeness (QED) is 0.614. The standard InChI is InChI=1S/C3Br3N2/c4-1-2(5)7-8-3(1)6. The Morgan fingerprint density at radius 3 is 1.88 bits per heavy atom. The van der Waals surface area contributed by atoms with Gasteiger partial charge in [-0.05, 0) is 47.8 Å². The molecule has 0 aromatic heterocycles. The van der Waals surface area contributed by atoms with Crippen molar-refractivity contribution in [1.29, 1.82) is 0 Å². The second-order valence-corrected chi connectivity index (χ2v) is 3.39. The highest BCUT2D eigenvalue weighted by molar-refractivity contribution is 9.21. The van der Waals surface area contributed by atoms with Crippen molar-refractivity contribution in [2.45, 2.75) is 0 Å². The zero-order chi connectivity index (χ0) is 6.15. The lowest BCUT2D eigenvalue weighted by atomic mass is 10.7. The summed E-state index contributed by atoms with van der Waals surface area (Å²) >= 11 is 9.56. The van der Waals surface area contributed by atoms with Gasteiger partial charge >= 0.3 is 0 Å². The molecule has 0 aromatic carbocycles. The summed E-state index contributed by atoms with van der Waals surface area (Å²) in [7, 11) is 0. The Morgan fingerprint density at radius 2 is 1.75 bits per heavy atom. The maximum absolute atomic E-state index is 3.69. The Kier molecular flexibility index (Phi) is 2.11. The zero-order valence-corrected chi connectivity index (χ0v) is 8.29. The van der Waals surface area contributed by atoms with Crippen molar-refractivity contribution in [2.24, 2.45) is 5.10 Å². The van der Waals surface area contributed by atoms with Crippen LogP contribution in [-0.2, 0) is 0 Å². The molecule has 1 aliphatic heterocycles. The molecule has 0 spiro atoms. The first-order valence-electron chi connectivity index (χ1n) is 1.71. The van der Waals surface area contributed by atoms with E-state index in [0.717, 1.165) is 13.7 Å². The van der Waals surface area contributed by atoms with Crippen molar-refractivity contribution >= 4 is 52.4 Å². The van der Waals surface area contributed by atoms with Crippen LogP contribution in [0.3, 0.4) is 0 Å². The first kappa shape index (κ1) is 6.77. The van der Waals surface area contributed by atoms with Gasteiger partial charge in [0.2, 0.25) is 0 Å². The third-order valence-corrected chi connectivity index (χ3v) is 3.51. The predicted octanol–water partition coefficient (Wildman–Crippen LogP) is 2.27. The highest BCUT2D eigenvalue weighted by Gasteiger charge is 2.13. The van der Waals surface area contributed by atoms with Gasteiger partial charge in [-0.3, -0.25) is 0 Å². The number of hydrogen-bond acceptors (Lipinski definition) is 1. The number of hydrogen-bond donors (Lipinski definition) is 0. The minimum Gasteiger partial charge on any atom is -0.141 e. The van der Waals surface area contributed by atoms with Crippen LogP contribution in [0.25, 0.3) is 0 Å². The number of nitrogens with zero attached hydrogens (tertiary/aromatic N) is 2. The fraction of sp³-hybridized carbons (Fsp3) is 0. The van der Waals surface area contributed by atoms with Gasteiger partial charge in [-0.1, -0.05) is 0 Å². The van der Waals surface area contributed by atoms with Crippen molar-refractivity contribution in [3.8, 4) is 0 Å². The highest BCUT2D eigenvalue weighted by atomic mass is 79.9. The van der Waals surface area contributed by atoms with Crippen molar-refractivity contribution in [3.63, 3.8) is 0 Å². The van der Waals surface area contributed by atoms with Crippen LogP contribution in [0, 0.1) is 0 Å². The van der Waals surface area contributed by atoms with Gasteiger partial charge in [0.15, 0.2) is 0 Å². The lowest BCUT2D eigenvalue weighted by Crippen LogP contribution is -1.79. The van der Waals surface area contributed by atoms with E-state index in [2.05, 4.69) is 58.3 Å². The molecule has 0 aromatic rings. The smallest absolute Gasteiger partial charge is 0.141 e. The molecule has 1 heterocycles. The van der Waals surface area contributed by atoms with E-state index in [-0.39, 0.29) is 0 Å². The highest BCUT2D eigenvalue weighted by Crippen LogP contribution is 2.25. The van der Waals surface area contributed by atoms with E-state index < -0.39 is 0 Å². The lowest BCUT2D eigenvalue weighted by Gasteiger charge is -1.81. The molecule has 0 bridgehead atoms. The number of halogens is 3. The van der Waals surface area contributed by atoms with Crippen LogP contribution in [0.4, 0.5) is 0 Å². The van der Waals surface area contributed by atoms with Gasteiger partial charge in [0.1, 0.15) is 9.23 Å². The summed E-state index contributed by atoms with van der Waals surface area (Å²) in [5, 5.41) is 3.69. The molecule has 1 radical (unpaired) electrons. The number of rotatable bonds is 0. The summed E-state index contributed by atoms with van der Waals surface area (Å²) < 4.78 is 2.31. The monoisotopic (exact) mass is 301 g/mol. The molecule has 43 valence electrons. The van der Waals surface area contributed by atoms with E-state index in [1.807, 2.05) is 0 Å². The van der Waals surface area contributed by atoms with Crippen LogP contribution in [0.15, 0.2) is 14.2 Å². The molecular weight excluding hydrogens is 304 g/mol. The molecule has 0 N–H and O–H groups in total. The molecular formula is C3Br3N2. The average molecular weight is 304 g/mol. The third kappa shape index (κ3) is 1.14. The van der Waals surface area contributed by atoms with Crippen LogP contribution in [0.2, 0.25) is 0 Å². The molecule has 5 heteroatoms. The van der Waals surface area contributed by atoms with Gasteiger partial charge in [-0.2, -0.15) is 0 Å². The Bertz CT molecular complexity index is 166. The molecule has 1 rings (SSSR count). The summed E-state index contributed by atoms with van der Waals surface area (Å²) in [4.78, 5) is 0. The minimum absolute atomic E-state index is 0.726. The van der Waals surface area contributed by atoms with E-state index in [1.165, 1.54) is 0 Å². The molecule has 0 fully saturated rings. The lowest BCUT2D eigenvalue weighted by molar-refractivity contribution is 0.962. The number of allylic oxidation sites excluding steroid dienone is 1. The molecule has 2 nitrogen and oxygen atoms in total. The summed E-state index contributed by atoms with van der Waals surface area (Å²) in [6.45, 7) is 0. The summed E-state index contributed by atoms with van der Waals surface area (Å²) in [6, 6.07) is 0. The molecule has 1 aliphatic rings. The maximum Gasteiger partial charge on any atom is 0.145 e. The SMILES string of the molecule is BrC1=N[N]C(Br)=C1Br. The molecule has 8 heavy (non-hydrogen) atoms. The Labute approximate surface area is 71.8 Å². The van der Waals surface area contributed by atoms with E-state index >= 15 is 0 Å². The van der Waals surface area contributed by atoms with Crippen LogP contribution in [0.5, 0.6) is 0 Å². The van der Waals surface area contributed by atoms with Crippen LogP contribution in [-0.4, -0.2) is 4.62 Å². The van der Waals surface area contributed by atoms with Gasteiger partial charge in [0.25, 0.3) is 0 Å². The fourth-order valence-electron chi connectivity index (χ4n) is 0.261. The van der Waals surface area contributed by atoms with E-state index in [0.29, 0.717) is 0 Å². The van der Waals surface area contributed by atoms with Crippen molar-refractivity contribution in [1.82, 2.24) is 5.43 Å². The van der Waals surface area contributed by atoms with Crippen molar-refractivity contribution < 1.29 is 0 Å². The van der Waals surface area contributed by atoms with Gasteiger partial charge in [0.05, 0.1) is 4.48 Å². The predicted molar refractivity (Wildman–Crippen MR) is 43.4 cm³/mol. The molecule has 0 aliphatic carbocycles. The van der Waals surface area contributed by atoms with E-state index in [9.17, 15) is 0 Å². The molecule has 0 amide bonds. The Hall–Kier alpha value is 0.650. The molecule has 0 atom stereocenters. The average Bonchev–Trinajstić information content (AvgIpc) is 1.98. The summed E-state index contributed by atoms with van der Waals surface area (Å²) in [5.41, 5.74) is 3.69. The first-order chi connectivity index (χ1) is 3.72. The van der Waals surface area contributed by atoms with Gasteiger partial charge in [0, 0.05) is 0 Å². The van der Waals surface area contributed by atoms with Gasteiger partial charge in [-0.15, -0.1) is 10.5 Å². The maximum atomic E-state index is 3.69. The van der Waals surface area contributed by atoms with Crippen molar-refractivity contribution in [3.05, 3.63) is 9.09 Å². The fourth-order valence-corrected chi connectivity index (χ4v) is 1.22. The van der Waals surface area contributed by atoms with E-state index in [4.69, 9.17) is 0 Å². The van der Waals surface area contributed by atoms with Gasteiger partial charge < -0.3 is 0 Å². The first-order valence-corrected chi connectivity index (χ1v) is 4.09. The summed E-state index contributed by atoms with van der Waals surface area (Å²) in [6.07, 6.45) is 0. The molecule has 0 saturated heterocycles. The zero-order valence-electron chi connectivity index (χ0n) is 3.53. The summed E-state index contributed by atoms with van der Waals surface area (Å²) in [5.74, 6) is 0. The Morgan fingerprint density at radius 1 is 1.12 bits per heavy atom. The largest absolute Gasteiger partial charge is 0.145 e. The molecule has 0 saturated carbocycles. The third-order valence-electron chi connectivity index (χ3n) is 0.588. The molecule has 0 unspecified atom stereocenters. The normalized spacial score (nSPS) is 18.6. The van der Waals surface area contributed by atoms with Crippen LogP contribution < -0.4 is 5.43 Å².